The lowest BCUT2D eigenvalue weighted by atomic mass is 10.1. The third kappa shape index (κ3) is 3.88. The lowest BCUT2D eigenvalue weighted by Crippen LogP contribution is -2.36. The second-order valence-electron chi connectivity index (χ2n) is 5.87. The van der Waals surface area contributed by atoms with Crippen LogP contribution in [0.4, 0.5) is 0 Å². The SMILES string of the molecule is COc1ccc(C(=O)N(Cc2scnc2C)CC2CCNC2)nn1. The van der Waals surface area contributed by atoms with Gasteiger partial charge < -0.3 is 15.0 Å². The minimum absolute atomic E-state index is 0.107. The van der Waals surface area contributed by atoms with E-state index in [0.29, 0.717) is 30.6 Å². The standard InChI is InChI=1S/C16H21N5O2S/c1-11-14(24-10-18-11)9-21(8-12-5-6-17-7-12)16(22)13-3-4-15(23-2)20-19-13/h3-4,10,12,17H,5-9H2,1-2H3. The van der Waals surface area contributed by atoms with Crippen LogP contribution in [-0.2, 0) is 6.54 Å². The average Bonchev–Trinajstić information content (AvgIpc) is 3.26. The van der Waals surface area contributed by atoms with Crippen molar-refractivity contribution in [3.8, 4) is 5.88 Å². The summed E-state index contributed by atoms with van der Waals surface area (Å²) in [6, 6.07) is 3.32. The van der Waals surface area contributed by atoms with Gasteiger partial charge in [-0.1, -0.05) is 0 Å². The van der Waals surface area contributed by atoms with E-state index in [2.05, 4.69) is 20.5 Å². The molecule has 1 fully saturated rings. The lowest BCUT2D eigenvalue weighted by Gasteiger charge is -2.24. The van der Waals surface area contributed by atoms with Crippen molar-refractivity contribution in [1.82, 2.24) is 25.4 Å². The quantitative estimate of drug-likeness (QED) is 0.853. The average molecular weight is 347 g/mol. The van der Waals surface area contributed by atoms with Crippen LogP contribution in [-0.4, -0.2) is 52.7 Å². The smallest absolute Gasteiger partial charge is 0.274 e. The maximum absolute atomic E-state index is 12.9. The summed E-state index contributed by atoms with van der Waals surface area (Å²) in [5.74, 6) is 0.759. The molecule has 2 aromatic heterocycles. The fourth-order valence-corrected chi connectivity index (χ4v) is 3.55. The van der Waals surface area contributed by atoms with E-state index in [1.54, 1.807) is 23.5 Å². The number of aromatic nitrogens is 3. The number of methoxy groups -OCH3 is 1. The highest BCUT2D eigenvalue weighted by Crippen LogP contribution is 2.19. The number of thiazole rings is 1. The Balaban J connectivity index is 1.78. The second kappa shape index (κ2) is 7.67. The maximum atomic E-state index is 12.9. The third-order valence-electron chi connectivity index (χ3n) is 4.18. The monoisotopic (exact) mass is 347 g/mol. The Labute approximate surface area is 145 Å². The molecule has 1 amide bonds. The number of aryl methyl sites for hydroxylation is 1. The van der Waals surface area contributed by atoms with Gasteiger partial charge in [-0.05, 0) is 38.4 Å². The zero-order valence-electron chi connectivity index (χ0n) is 13.9. The number of rotatable bonds is 6. The molecule has 1 aliphatic heterocycles. The largest absolute Gasteiger partial charge is 0.480 e. The zero-order chi connectivity index (χ0) is 16.9. The summed E-state index contributed by atoms with van der Waals surface area (Å²) < 4.78 is 5.00. The molecule has 0 radical (unpaired) electrons. The molecule has 3 heterocycles. The van der Waals surface area contributed by atoms with Gasteiger partial charge in [0, 0.05) is 17.5 Å². The van der Waals surface area contributed by atoms with Gasteiger partial charge in [-0.2, -0.15) is 0 Å². The topological polar surface area (TPSA) is 80.2 Å². The van der Waals surface area contributed by atoms with Gasteiger partial charge in [-0.3, -0.25) is 4.79 Å². The molecule has 0 aliphatic carbocycles. The summed E-state index contributed by atoms with van der Waals surface area (Å²) in [5.41, 5.74) is 3.13. The Hall–Kier alpha value is -2.06. The van der Waals surface area contributed by atoms with Crippen LogP contribution in [0.1, 0.15) is 27.5 Å². The molecule has 1 aliphatic rings. The van der Waals surface area contributed by atoms with E-state index in [-0.39, 0.29) is 5.91 Å². The molecule has 8 heteroatoms. The minimum Gasteiger partial charge on any atom is -0.480 e. The van der Waals surface area contributed by atoms with Crippen molar-refractivity contribution in [3.05, 3.63) is 33.9 Å². The predicted molar refractivity (Wildman–Crippen MR) is 91.2 cm³/mol. The van der Waals surface area contributed by atoms with Gasteiger partial charge in [0.2, 0.25) is 5.88 Å². The van der Waals surface area contributed by atoms with E-state index < -0.39 is 0 Å². The Morgan fingerprint density at radius 1 is 1.46 bits per heavy atom. The van der Waals surface area contributed by atoms with Crippen LogP contribution in [0.3, 0.4) is 0 Å². The van der Waals surface area contributed by atoms with Crippen LogP contribution in [0.2, 0.25) is 0 Å². The minimum atomic E-state index is -0.107. The molecular weight excluding hydrogens is 326 g/mol. The van der Waals surface area contributed by atoms with E-state index >= 15 is 0 Å². The van der Waals surface area contributed by atoms with Crippen molar-refractivity contribution >= 4 is 17.2 Å². The Morgan fingerprint density at radius 3 is 2.92 bits per heavy atom. The highest BCUT2D eigenvalue weighted by molar-refractivity contribution is 7.09. The summed E-state index contributed by atoms with van der Waals surface area (Å²) in [5, 5.41) is 11.3. The molecule has 2 aromatic rings. The van der Waals surface area contributed by atoms with Gasteiger partial charge in [0.1, 0.15) is 0 Å². The Bertz CT molecular complexity index is 682. The number of amides is 1. The molecule has 7 nitrogen and oxygen atoms in total. The molecule has 3 rings (SSSR count). The van der Waals surface area contributed by atoms with E-state index in [1.807, 2.05) is 17.3 Å². The number of carbonyl (C=O) groups is 1. The lowest BCUT2D eigenvalue weighted by molar-refractivity contribution is 0.0712. The predicted octanol–water partition coefficient (Wildman–Crippen LogP) is 1.50. The van der Waals surface area contributed by atoms with Crippen LogP contribution in [0.15, 0.2) is 17.6 Å². The summed E-state index contributed by atoms with van der Waals surface area (Å²) in [4.78, 5) is 20.2. The van der Waals surface area contributed by atoms with E-state index in [0.717, 1.165) is 30.1 Å². The number of hydrogen-bond donors (Lipinski definition) is 1. The van der Waals surface area contributed by atoms with Crippen LogP contribution < -0.4 is 10.1 Å². The summed E-state index contributed by atoms with van der Waals surface area (Å²) in [7, 11) is 1.53. The molecular formula is C16H21N5O2S. The summed E-state index contributed by atoms with van der Waals surface area (Å²) in [6.07, 6.45) is 1.08. The molecule has 128 valence electrons. The van der Waals surface area contributed by atoms with Gasteiger partial charge >= 0.3 is 0 Å². The van der Waals surface area contributed by atoms with Crippen molar-refractivity contribution in [3.63, 3.8) is 0 Å². The zero-order valence-corrected chi connectivity index (χ0v) is 14.7. The molecule has 1 unspecified atom stereocenters. The molecule has 1 atom stereocenters. The molecule has 0 saturated carbocycles. The van der Waals surface area contributed by atoms with Gasteiger partial charge in [0.05, 0.1) is 24.9 Å². The van der Waals surface area contributed by atoms with Crippen LogP contribution in [0.25, 0.3) is 0 Å². The van der Waals surface area contributed by atoms with Crippen LogP contribution in [0.5, 0.6) is 5.88 Å². The van der Waals surface area contributed by atoms with Crippen molar-refractivity contribution in [2.45, 2.75) is 19.9 Å². The summed E-state index contributed by atoms with van der Waals surface area (Å²) in [6.45, 7) is 5.18. The second-order valence-corrected chi connectivity index (χ2v) is 6.81. The van der Waals surface area contributed by atoms with Gasteiger partial charge in [-0.25, -0.2) is 4.98 Å². The van der Waals surface area contributed by atoms with Crippen LogP contribution in [0, 0.1) is 12.8 Å². The molecule has 0 aromatic carbocycles. The number of nitrogens with one attached hydrogen (secondary N) is 1. The number of hydrogen-bond acceptors (Lipinski definition) is 7. The maximum Gasteiger partial charge on any atom is 0.274 e. The van der Waals surface area contributed by atoms with Crippen molar-refractivity contribution in [1.29, 1.82) is 0 Å². The molecule has 1 saturated heterocycles. The fourth-order valence-electron chi connectivity index (χ4n) is 2.76. The van der Waals surface area contributed by atoms with Gasteiger partial charge in [0.15, 0.2) is 5.69 Å². The first-order valence-electron chi connectivity index (χ1n) is 7.94. The van der Waals surface area contributed by atoms with E-state index in [9.17, 15) is 4.79 Å². The van der Waals surface area contributed by atoms with Crippen LogP contribution >= 0.6 is 11.3 Å². The molecule has 24 heavy (non-hydrogen) atoms. The van der Waals surface area contributed by atoms with E-state index in [1.165, 1.54) is 7.11 Å². The highest BCUT2D eigenvalue weighted by Gasteiger charge is 2.25. The third-order valence-corrected chi connectivity index (χ3v) is 5.10. The fraction of sp³-hybridized carbons (Fsp3) is 0.500. The first-order valence-corrected chi connectivity index (χ1v) is 8.82. The van der Waals surface area contributed by atoms with E-state index in [4.69, 9.17) is 4.74 Å². The first-order chi connectivity index (χ1) is 11.7. The van der Waals surface area contributed by atoms with Crippen molar-refractivity contribution < 1.29 is 9.53 Å². The molecule has 0 bridgehead atoms. The normalized spacial score (nSPS) is 17.0. The first kappa shape index (κ1) is 16.8. The number of ether oxygens (including phenoxy) is 1. The highest BCUT2D eigenvalue weighted by atomic mass is 32.1. The number of nitrogens with zero attached hydrogens (tertiary/aromatic N) is 4. The van der Waals surface area contributed by atoms with Gasteiger partial charge in [-0.15, -0.1) is 21.5 Å². The number of carbonyl (C=O) groups excluding carboxylic acids is 1. The molecule has 1 N–H and O–H groups in total. The van der Waals surface area contributed by atoms with Gasteiger partial charge in [0.25, 0.3) is 5.91 Å². The Kier molecular flexibility index (Phi) is 5.37. The Morgan fingerprint density at radius 2 is 2.33 bits per heavy atom. The van der Waals surface area contributed by atoms with Crippen molar-refractivity contribution in [2.75, 3.05) is 26.7 Å². The van der Waals surface area contributed by atoms with Crippen molar-refractivity contribution in [2.24, 2.45) is 5.92 Å². The molecule has 0 spiro atoms. The summed E-state index contributed by atoms with van der Waals surface area (Å²) >= 11 is 1.58.